The summed E-state index contributed by atoms with van der Waals surface area (Å²) in [5, 5.41) is 5.05. The van der Waals surface area contributed by atoms with Crippen LogP contribution in [0.1, 0.15) is 25.0 Å². The monoisotopic (exact) mass is 351 g/mol. The molecule has 2 aromatic rings. The molecule has 122 valence electrons. The lowest BCUT2D eigenvalue weighted by molar-refractivity contribution is -0.128. The maximum atomic E-state index is 12.5. The number of nitrogens with zero attached hydrogens (tertiary/aromatic N) is 3. The Morgan fingerprint density at radius 2 is 2.13 bits per heavy atom. The molecule has 1 aromatic heterocycles. The van der Waals surface area contributed by atoms with E-state index in [1.165, 1.54) is 6.08 Å². The van der Waals surface area contributed by atoms with E-state index < -0.39 is 0 Å². The quantitative estimate of drug-likeness (QED) is 0.758. The molecule has 4 nitrogen and oxygen atoms in total. The first-order valence-electron chi connectivity index (χ1n) is 7.28. The smallest absolute Gasteiger partial charge is 0.247 e. The molecule has 2 rings (SSSR count). The van der Waals surface area contributed by atoms with Crippen LogP contribution < -0.4 is 0 Å². The normalized spacial score (nSPS) is 11.4. The Bertz CT molecular complexity index is 722. The van der Waals surface area contributed by atoms with Gasteiger partial charge in [-0.1, -0.05) is 35.3 Å². The van der Waals surface area contributed by atoms with Gasteiger partial charge in [-0.3, -0.25) is 9.48 Å². The van der Waals surface area contributed by atoms with Gasteiger partial charge in [0.1, 0.15) is 0 Å². The van der Waals surface area contributed by atoms with Gasteiger partial charge in [-0.05, 0) is 31.6 Å². The highest BCUT2D eigenvalue weighted by molar-refractivity contribution is 6.42. The molecular weight excluding hydrogens is 333 g/mol. The summed E-state index contributed by atoms with van der Waals surface area (Å²) < 4.78 is 1.72. The second kappa shape index (κ2) is 7.66. The Morgan fingerprint density at radius 3 is 2.74 bits per heavy atom. The van der Waals surface area contributed by atoms with E-state index in [-0.39, 0.29) is 11.9 Å². The predicted octanol–water partition coefficient (Wildman–Crippen LogP) is 4.18. The fraction of sp³-hybridized carbons (Fsp3) is 0.294. The Morgan fingerprint density at radius 1 is 1.39 bits per heavy atom. The van der Waals surface area contributed by atoms with Gasteiger partial charge >= 0.3 is 0 Å². The van der Waals surface area contributed by atoms with Crippen LogP contribution in [-0.2, 0) is 18.4 Å². The summed E-state index contributed by atoms with van der Waals surface area (Å²) in [7, 11) is 1.85. The van der Waals surface area contributed by atoms with E-state index in [9.17, 15) is 4.79 Å². The van der Waals surface area contributed by atoms with Crippen LogP contribution in [0.15, 0.2) is 36.7 Å². The summed E-state index contributed by atoms with van der Waals surface area (Å²) in [6, 6.07) is 5.40. The van der Waals surface area contributed by atoms with Gasteiger partial charge < -0.3 is 4.90 Å². The van der Waals surface area contributed by atoms with Crippen LogP contribution in [0.25, 0.3) is 6.08 Å². The zero-order chi connectivity index (χ0) is 17.0. The van der Waals surface area contributed by atoms with Gasteiger partial charge in [0.25, 0.3) is 0 Å². The summed E-state index contributed by atoms with van der Waals surface area (Å²) in [5.74, 6) is -0.0834. The lowest BCUT2D eigenvalue weighted by Crippen LogP contribution is -2.35. The van der Waals surface area contributed by atoms with E-state index >= 15 is 0 Å². The minimum atomic E-state index is -0.0834. The molecule has 0 fully saturated rings. The number of halogens is 2. The van der Waals surface area contributed by atoms with E-state index in [0.29, 0.717) is 16.6 Å². The summed E-state index contributed by atoms with van der Waals surface area (Å²) >= 11 is 12.1. The Kier molecular flexibility index (Phi) is 5.85. The second-order valence-corrected chi connectivity index (χ2v) is 6.34. The number of aromatic nitrogens is 2. The first kappa shape index (κ1) is 17.6. The van der Waals surface area contributed by atoms with Crippen molar-refractivity contribution in [1.82, 2.24) is 14.7 Å². The molecule has 0 spiro atoms. The summed E-state index contributed by atoms with van der Waals surface area (Å²) in [6.45, 7) is 4.47. The fourth-order valence-corrected chi connectivity index (χ4v) is 2.54. The van der Waals surface area contributed by atoms with Crippen LogP contribution in [-0.4, -0.2) is 26.6 Å². The molecule has 0 N–H and O–H groups in total. The average Bonchev–Trinajstić information content (AvgIpc) is 2.91. The Labute approximate surface area is 146 Å². The number of aryl methyl sites for hydroxylation is 1. The number of rotatable bonds is 5. The maximum Gasteiger partial charge on any atom is 0.247 e. The highest BCUT2D eigenvalue weighted by Crippen LogP contribution is 2.26. The molecule has 0 saturated heterocycles. The topological polar surface area (TPSA) is 38.1 Å². The third-order valence-corrected chi connectivity index (χ3v) is 4.24. The Hall–Kier alpha value is -1.78. The van der Waals surface area contributed by atoms with Crippen molar-refractivity contribution in [3.63, 3.8) is 0 Å². The fourth-order valence-electron chi connectivity index (χ4n) is 2.17. The van der Waals surface area contributed by atoms with Gasteiger partial charge in [0.15, 0.2) is 0 Å². The number of hydrogen-bond donors (Lipinski definition) is 0. The van der Waals surface area contributed by atoms with Crippen LogP contribution in [0.4, 0.5) is 0 Å². The van der Waals surface area contributed by atoms with Crippen molar-refractivity contribution >= 4 is 35.2 Å². The number of amides is 1. The first-order chi connectivity index (χ1) is 10.9. The summed E-state index contributed by atoms with van der Waals surface area (Å²) in [5.41, 5.74) is 1.71. The van der Waals surface area contributed by atoms with E-state index in [1.54, 1.807) is 34.0 Å². The first-order valence-corrected chi connectivity index (χ1v) is 8.04. The Balaban J connectivity index is 2.15. The van der Waals surface area contributed by atoms with E-state index in [2.05, 4.69) is 5.10 Å². The third-order valence-electron chi connectivity index (χ3n) is 3.40. The van der Waals surface area contributed by atoms with Crippen LogP contribution in [0, 0.1) is 0 Å². The zero-order valence-corrected chi connectivity index (χ0v) is 14.8. The minimum Gasteiger partial charge on any atom is -0.332 e. The maximum absolute atomic E-state index is 12.5. The van der Waals surface area contributed by atoms with Gasteiger partial charge in [-0.15, -0.1) is 0 Å². The van der Waals surface area contributed by atoms with Gasteiger partial charge in [-0.2, -0.15) is 5.10 Å². The molecule has 1 heterocycles. The molecule has 0 unspecified atom stereocenters. The number of carbonyl (C=O) groups is 1. The van der Waals surface area contributed by atoms with E-state index in [4.69, 9.17) is 23.2 Å². The van der Waals surface area contributed by atoms with Gasteiger partial charge in [0.2, 0.25) is 5.91 Å². The molecule has 0 aliphatic rings. The van der Waals surface area contributed by atoms with Crippen molar-refractivity contribution in [3.05, 3.63) is 57.8 Å². The molecule has 23 heavy (non-hydrogen) atoms. The number of hydrogen-bond acceptors (Lipinski definition) is 2. The predicted molar refractivity (Wildman–Crippen MR) is 94.4 cm³/mol. The standard InChI is InChI=1S/C17H19Cl2N3O/c1-12(2)22(11-13-9-20-21(3)10-13)16(23)8-7-14-5-4-6-15(18)17(14)19/h4-10,12H,11H2,1-3H3. The van der Waals surface area contributed by atoms with Crippen molar-refractivity contribution in [1.29, 1.82) is 0 Å². The average molecular weight is 352 g/mol. The van der Waals surface area contributed by atoms with Gasteiger partial charge in [0.05, 0.1) is 16.2 Å². The van der Waals surface area contributed by atoms with Crippen molar-refractivity contribution in [2.45, 2.75) is 26.4 Å². The van der Waals surface area contributed by atoms with Crippen molar-refractivity contribution in [3.8, 4) is 0 Å². The minimum absolute atomic E-state index is 0.0715. The van der Waals surface area contributed by atoms with Crippen LogP contribution in [0.5, 0.6) is 0 Å². The summed E-state index contributed by atoms with van der Waals surface area (Å²) in [4.78, 5) is 14.3. The third kappa shape index (κ3) is 4.60. The van der Waals surface area contributed by atoms with Gasteiger partial charge in [0, 0.05) is 37.5 Å². The van der Waals surface area contributed by atoms with Gasteiger partial charge in [-0.25, -0.2) is 0 Å². The van der Waals surface area contributed by atoms with Crippen molar-refractivity contribution < 1.29 is 4.79 Å². The number of benzene rings is 1. The molecule has 1 aromatic carbocycles. The highest BCUT2D eigenvalue weighted by Gasteiger charge is 2.16. The van der Waals surface area contributed by atoms with Crippen molar-refractivity contribution in [2.75, 3.05) is 0 Å². The molecule has 0 bridgehead atoms. The second-order valence-electron chi connectivity index (χ2n) is 5.56. The molecule has 6 heteroatoms. The lowest BCUT2D eigenvalue weighted by Gasteiger charge is -2.25. The highest BCUT2D eigenvalue weighted by atomic mass is 35.5. The zero-order valence-electron chi connectivity index (χ0n) is 13.3. The van der Waals surface area contributed by atoms with Crippen LogP contribution in [0.2, 0.25) is 10.0 Å². The molecule has 0 atom stereocenters. The van der Waals surface area contributed by atoms with E-state index in [0.717, 1.165) is 11.1 Å². The molecule has 0 aliphatic heterocycles. The van der Waals surface area contributed by atoms with Crippen LogP contribution >= 0.6 is 23.2 Å². The molecule has 0 radical (unpaired) electrons. The lowest BCUT2D eigenvalue weighted by atomic mass is 10.2. The largest absolute Gasteiger partial charge is 0.332 e. The van der Waals surface area contributed by atoms with Crippen LogP contribution in [0.3, 0.4) is 0 Å². The number of carbonyl (C=O) groups excluding carboxylic acids is 1. The molecule has 1 amide bonds. The molecule has 0 saturated carbocycles. The molecule has 0 aliphatic carbocycles. The van der Waals surface area contributed by atoms with Crippen molar-refractivity contribution in [2.24, 2.45) is 7.05 Å². The van der Waals surface area contributed by atoms with E-state index in [1.807, 2.05) is 33.2 Å². The SMILES string of the molecule is CC(C)N(Cc1cnn(C)c1)C(=O)C=Cc1cccc(Cl)c1Cl. The molecular formula is C17H19Cl2N3O. The summed E-state index contributed by atoms with van der Waals surface area (Å²) in [6.07, 6.45) is 6.88.